The smallest absolute Gasteiger partial charge is 0.231 e. The summed E-state index contributed by atoms with van der Waals surface area (Å²) < 4.78 is 15.5. The molecule has 0 spiro atoms. The number of nitrogens with one attached hydrogen (secondary N) is 1. The van der Waals surface area contributed by atoms with E-state index in [9.17, 15) is 0 Å². The van der Waals surface area contributed by atoms with Crippen molar-refractivity contribution in [1.29, 1.82) is 0 Å². The maximum atomic E-state index is 5.36. The molecule has 0 aliphatic carbocycles. The van der Waals surface area contributed by atoms with Crippen molar-refractivity contribution in [3.05, 3.63) is 11.7 Å². The van der Waals surface area contributed by atoms with Gasteiger partial charge in [-0.1, -0.05) is 12.1 Å². The van der Waals surface area contributed by atoms with Crippen LogP contribution in [-0.4, -0.2) is 50.2 Å². The molecule has 0 saturated heterocycles. The molecular weight excluding hydrogens is 234 g/mol. The molecule has 6 heteroatoms. The Labute approximate surface area is 108 Å². The quantitative estimate of drug-likeness (QED) is 0.665. The van der Waals surface area contributed by atoms with Gasteiger partial charge in [0.15, 0.2) is 5.82 Å². The van der Waals surface area contributed by atoms with E-state index in [-0.39, 0.29) is 5.92 Å². The summed E-state index contributed by atoms with van der Waals surface area (Å²) in [6.45, 7) is 5.93. The first-order chi connectivity index (χ1) is 8.69. The van der Waals surface area contributed by atoms with Gasteiger partial charge in [-0.2, -0.15) is 4.98 Å². The highest BCUT2D eigenvalue weighted by Gasteiger charge is 2.19. The predicted molar refractivity (Wildman–Crippen MR) is 67.6 cm³/mol. The Kier molecular flexibility index (Phi) is 6.85. The van der Waals surface area contributed by atoms with Crippen molar-refractivity contribution in [2.75, 3.05) is 34.0 Å². The van der Waals surface area contributed by atoms with Gasteiger partial charge in [-0.05, 0) is 14.0 Å². The molecule has 2 atom stereocenters. The molecule has 104 valence electrons. The average molecular weight is 257 g/mol. The molecular formula is C12H23N3O3. The zero-order chi connectivity index (χ0) is 13.4. The number of likely N-dealkylation sites (N-methyl/N-ethyl adjacent to an activating group) is 1. The van der Waals surface area contributed by atoms with Gasteiger partial charge >= 0.3 is 0 Å². The summed E-state index contributed by atoms with van der Waals surface area (Å²) in [6, 6.07) is 0.302. The number of methoxy groups -OCH3 is 1. The van der Waals surface area contributed by atoms with Gasteiger partial charge in [-0.25, -0.2) is 0 Å². The summed E-state index contributed by atoms with van der Waals surface area (Å²) in [7, 11) is 3.57. The van der Waals surface area contributed by atoms with E-state index < -0.39 is 0 Å². The average Bonchev–Trinajstić information content (AvgIpc) is 2.85. The molecule has 0 aliphatic heterocycles. The molecule has 1 aromatic rings. The van der Waals surface area contributed by atoms with Gasteiger partial charge < -0.3 is 19.3 Å². The molecule has 18 heavy (non-hydrogen) atoms. The Morgan fingerprint density at radius 2 is 2.06 bits per heavy atom. The van der Waals surface area contributed by atoms with Gasteiger partial charge in [0.2, 0.25) is 5.89 Å². The van der Waals surface area contributed by atoms with E-state index in [2.05, 4.69) is 29.3 Å². The van der Waals surface area contributed by atoms with Crippen LogP contribution in [0.25, 0.3) is 0 Å². The number of hydrogen-bond acceptors (Lipinski definition) is 6. The van der Waals surface area contributed by atoms with Gasteiger partial charge in [0.25, 0.3) is 0 Å². The molecule has 0 bridgehead atoms. The molecule has 0 aromatic carbocycles. The van der Waals surface area contributed by atoms with Crippen LogP contribution in [-0.2, 0) is 15.9 Å². The standard InChI is InChI=1S/C12H23N3O3/c1-9(10(2)13-3)12-14-11(15-18-12)5-6-17-8-7-16-4/h9-10,13H,5-8H2,1-4H3. The topological polar surface area (TPSA) is 69.4 Å². The van der Waals surface area contributed by atoms with Crippen molar-refractivity contribution >= 4 is 0 Å². The molecule has 0 aliphatic rings. The highest BCUT2D eigenvalue weighted by Crippen LogP contribution is 2.16. The number of hydrogen-bond donors (Lipinski definition) is 1. The molecule has 1 N–H and O–H groups in total. The molecule has 1 heterocycles. The lowest BCUT2D eigenvalue weighted by Crippen LogP contribution is -2.27. The highest BCUT2D eigenvalue weighted by atomic mass is 16.5. The zero-order valence-corrected chi connectivity index (χ0v) is 11.6. The van der Waals surface area contributed by atoms with E-state index in [0.29, 0.717) is 44.0 Å². The highest BCUT2D eigenvalue weighted by molar-refractivity contribution is 4.96. The second-order valence-electron chi connectivity index (χ2n) is 4.27. The number of ether oxygens (including phenoxy) is 2. The van der Waals surface area contributed by atoms with E-state index in [1.165, 1.54) is 0 Å². The van der Waals surface area contributed by atoms with Crippen LogP contribution in [0.1, 0.15) is 31.5 Å². The minimum atomic E-state index is 0.200. The molecule has 1 rings (SSSR count). The van der Waals surface area contributed by atoms with E-state index in [1.807, 2.05) is 7.05 Å². The summed E-state index contributed by atoms with van der Waals surface area (Å²) in [5, 5.41) is 7.12. The van der Waals surface area contributed by atoms with Crippen molar-refractivity contribution < 1.29 is 14.0 Å². The van der Waals surface area contributed by atoms with Crippen molar-refractivity contribution in [2.45, 2.75) is 32.2 Å². The molecule has 2 unspecified atom stereocenters. The van der Waals surface area contributed by atoms with Crippen LogP contribution in [0.4, 0.5) is 0 Å². The van der Waals surface area contributed by atoms with E-state index in [1.54, 1.807) is 7.11 Å². The van der Waals surface area contributed by atoms with Gasteiger partial charge in [0.05, 0.1) is 25.7 Å². The third kappa shape index (κ3) is 4.72. The lowest BCUT2D eigenvalue weighted by Gasteiger charge is -2.14. The van der Waals surface area contributed by atoms with Crippen LogP contribution in [0.5, 0.6) is 0 Å². The minimum absolute atomic E-state index is 0.200. The van der Waals surface area contributed by atoms with Crippen molar-refractivity contribution in [3.8, 4) is 0 Å². The molecule has 6 nitrogen and oxygen atoms in total. The van der Waals surface area contributed by atoms with Crippen molar-refractivity contribution in [3.63, 3.8) is 0 Å². The fourth-order valence-electron chi connectivity index (χ4n) is 1.43. The molecule has 0 saturated carbocycles. The second kappa shape index (κ2) is 8.18. The number of nitrogens with zero attached hydrogens (tertiary/aromatic N) is 2. The Balaban J connectivity index is 2.34. The molecule has 0 fully saturated rings. The Morgan fingerprint density at radius 1 is 1.28 bits per heavy atom. The monoisotopic (exact) mass is 257 g/mol. The third-order valence-electron chi connectivity index (χ3n) is 2.98. The van der Waals surface area contributed by atoms with E-state index >= 15 is 0 Å². The van der Waals surface area contributed by atoms with Gasteiger partial charge in [-0.15, -0.1) is 0 Å². The summed E-state index contributed by atoms with van der Waals surface area (Å²) in [4.78, 5) is 4.37. The van der Waals surface area contributed by atoms with Gasteiger partial charge in [0.1, 0.15) is 0 Å². The Hall–Kier alpha value is -0.980. The molecule has 0 amide bonds. The maximum absolute atomic E-state index is 5.36. The lowest BCUT2D eigenvalue weighted by atomic mass is 10.0. The number of rotatable bonds is 9. The SMILES string of the molecule is CNC(C)C(C)c1nc(CCOCCOC)no1. The lowest BCUT2D eigenvalue weighted by molar-refractivity contribution is 0.0714. The van der Waals surface area contributed by atoms with Crippen LogP contribution in [0.3, 0.4) is 0 Å². The van der Waals surface area contributed by atoms with E-state index in [0.717, 1.165) is 0 Å². The van der Waals surface area contributed by atoms with E-state index in [4.69, 9.17) is 14.0 Å². The van der Waals surface area contributed by atoms with Crippen LogP contribution >= 0.6 is 0 Å². The first-order valence-corrected chi connectivity index (χ1v) is 6.25. The maximum Gasteiger partial charge on any atom is 0.231 e. The predicted octanol–water partition coefficient (Wildman–Crippen LogP) is 0.986. The van der Waals surface area contributed by atoms with Gasteiger partial charge in [0, 0.05) is 19.6 Å². The minimum Gasteiger partial charge on any atom is -0.382 e. The van der Waals surface area contributed by atoms with Crippen molar-refractivity contribution in [2.24, 2.45) is 0 Å². The Bertz CT molecular complexity index is 330. The fraction of sp³-hybridized carbons (Fsp3) is 0.833. The van der Waals surface area contributed by atoms with Crippen LogP contribution in [0.15, 0.2) is 4.52 Å². The third-order valence-corrected chi connectivity index (χ3v) is 2.98. The first kappa shape index (κ1) is 15.1. The fourth-order valence-corrected chi connectivity index (χ4v) is 1.43. The zero-order valence-electron chi connectivity index (χ0n) is 11.6. The van der Waals surface area contributed by atoms with Crippen LogP contribution < -0.4 is 5.32 Å². The summed E-state index contributed by atoms with van der Waals surface area (Å²) in [5.74, 6) is 1.56. The molecule has 1 aromatic heterocycles. The van der Waals surface area contributed by atoms with Crippen LogP contribution in [0.2, 0.25) is 0 Å². The summed E-state index contributed by atoms with van der Waals surface area (Å²) >= 11 is 0. The van der Waals surface area contributed by atoms with Gasteiger partial charge in [-0.3, -0.25) is 0 Å². The Morgan fingerprint density at radius 3 is 2.72 bits per heavy atom. The number of aromatic nitrogens is 2. The van der Waals surface area contributed by atoms with Crippen LogP contribution in [0, 0.1) is 0 Å². The first-order valence-electron chi connectivity index (χ1n) is 6.25. The van der Waals surface area contributed by atoms with Crippen molar-refractivity contribution in [1.82, 2.24) is 15.5 Å². The summed E-state index contributed by atoms with van der Waals surface area (Å²) in [6.07, 6.45) is 0.661. The second-order valence-corrected chi connectivity index (χ2v) is 4.27. The summed E-state index contributed by atoms with van der Waals surface area (Å²) in [5.41, 5.74) is 0. The molecule has 0 radical (unpaired) electrons. The largest absolute Gasteiger partial charge is 0.382 e. The normalized spacial score (nSPS) is 14.7.